The number of ether oxygens (including phenoxy) is 1. The minimum Gasteiger partial charge on any atom is -0.491 e. The average molecular weight is 330 g/mol. The van der Waals surface area contributed by atoms with E-state index in [0.29, 0.717) is 19.7 Å². The summed E-state index contributed by atoms with van der Waals surface area (Å²) in [7, 11) is 3.93. The number of nitrogens with zero attached hydrogens (tertiary/aromatic N) is 1. The lowest BCUT2D eigenvalue weighted by molar-refractivity contribution is 0.235. The third-order valence-electron chi connectivity index (χ3n) is 2.33. The van der Waals surface area contributed by atoms with Crippen LogP contribution in [0.1, 0.15) is 0 Å². The molecule has 1 aromatic rings. The van der Waals surface area contributed by atoms with Gasteiger partial charge in [0.05, 0.1) is 11.0 Å². The van der Waals surface area contributed by atoms with Crippen molar-refractivity contribution >= 4 is 22.0 Å². The Kier molecular flexibility index (Phi) is 7.28. The lowest BCUT2D eigenvalue weighted by atomic mass is 10.3. The summed E-state index contributed by atoms with van der Waals surface area (Å²) in [5.74, 6) is 0.775. The Balaban J connectivity index is 2.10. The predicted octanol–water partition coefficient (Wildman–Crippen LogP) is 1.69. The summed E-state index contributed by atoms with van der Waals surface area (Å²) < 4.78 is 6.44. The van der Waals surface area contributed by atoms with E-state index in [9.17, 15) is 4.79 Å². The molecule has 6 heteroatoms. The van der Waals surface area contributed by atoms with Crippen molar-refractivity contribution in [2.75, 3.05) is 40.3 Å². The van der Waals surface area contributed by atoms with E-state index in [4.69, 9.17) is 4.74 Å². The molecule has 0 aliphatic carbocycles. The van der Waals surface area contributed by atoms with Crippen LogP contribution in [0.2, 0.25) is 0 Å². The molecule has 19 heavy (non-hydrogen) atoms. The zero-order valence-electron chi connectivity index (χ0n) is 11.3. The second-order valence-corrected chi connectivity index (χ2v) is 5.12. The van der Waals surface area contributed by atoms with Gasteiger partial charge in [0.1, 0.15) is 12.4 Å². The summed E-state index contributed by atoms with van der Waals surface area (Å²) >= 11 is 3.40. The van der Waals surface area contributed by atoms with Gasteiger partial charge in [-0.05, 0) is 42.2 Å². The molecule has 0 atom stereocenters. The fourth-order valence-corrected chi connectivity index (χ4v) is 1.74. The van der Waals surface area contributed by atoms with E-state index in [1.54, 1.807) is 0 Å². The normalized spacial score (nSPS) is 10.3. The molecule has 0 unspecified atom stereocenters. The van der Waals surface area contributed by atoms with Gasteiger partial charge in [-0.3, -0.25) is 0 Å². The number of nitrogens with one attached hydrogen (secondary N) is 2. The number of halogens is 1. The van der Waals surface area contributed by atoms with Crippen molar-refractivity contribution in [3.8, 4) is 5.75 Å². The Morgan fingerprint density at radius 1 is 1.26 bits per heavy atom. The van der Waals surface area contributed by atoms with Crippen LogP contribution in [0.5, 0.6) is 5.75 Å². The third-order valence-corrected chi connectivity index (χ3v) is 2.98. The van der Waals surface area contributed by atoms with E-state index in [2.05, 4.69) is 26.6 Å². The maximum Gasteiger partial charge on any atom is 0.314 e. The maximum absolute atomic E-state index is 11.4. The van der Waals surface area contributed by atoms with E-state index < -0.39 is 0 Å². The fourth-order valence-electron chi connectivity index (χ4n) is 1.34. The van der Waals surface area contributed by atoms with Crippen molar-refractivity contribution < 1.29 is 9.53 Å². The van der Waals surface area contributed by atoms with Gasteiger partial charge in [-0.25, -0.2) is 4.79 Å². The van der Waals surface area contributed by atoms with Crippen LogP contribution in [-0.4, -0.2) is 51.3 Å². The molecule has 0 radical (unpaired) electrons. The van der Waals surface area contributed by atoms with Crippen molar-refractivity contribution in [1.29, 1.82) is 0 Å². The van der Waals surface area contributed by atoms with Crippen LogP contribution >= 0.6 is 15.9 Å². The van der Waals surface area contributed by atoms with E-state index in [0.717, 1.165) is 16.8 Å². The van der Waals surface area contributed by atoms with Gasteiger partial charge < -0.3 is 20.3 Å². The highest BCUT2D eigenvalue weighted by atomic mass is 79.9. The van der Waals surface area contributed by atoms with Gasteiger partial charge in [-0.15, -0.1) is 0 Å². The number of rotatable bonds is 7. The summed E-state index contributed by atoms with van der Waals surface area (Å²) in [5.41, 5.74) is 0. The van der Waals surface area contributed by atoms with Crippen molar-refractivity contribution in [1.82, 2.24) is 15.5 Å². The van der Waals surface area contributed by atoms with E-state index in [-0.39, 0.29) is 6.03 Å². The van der Waals surface area contributed by atoms with Crippen LogP contribution in [0, 0.1) is 0 Å². The van der Waals surface area contributed by atoms with E-state index in [1.807, 2.05) is 43.3 Å². The first-order valence-corrected chi connectivity index (χ1v) is 6.92. The van der Waals surface area contributed by atoms with E-state index in [1.165, 1.54) is 0 Å². The first-order valence-electron chi connectivity index (χ1n) is 6.13. The largest absolute Gasteiger partial charge is 0.491 e. The molecule has 2 amide bonds. The zero-order valence-corrected chi connectivity index (χ0v) is 12.9. The smallest absolute Gasteiger partial charge is 0.314 e. The Morgan fingerprint density at radius 2 is 1.95 bits per heavy atom. The molecule has 106 valence electrons. The van der Waals surface area contributed by atoms with Gasteiger partial charge in [0, 0.05) is 13.1 Å². The summed E-state index contributed by atoms with van der Waals surface area (Å²) in [6.45, 7) is 2.35. The molecule has 0 aliphatic heterocycles. The Bertz CT molecular complexity index is 399. The molecule has 1 rings (SSSR count). The quantitative estimate of drug-likeness (QED) is 0.748. The number of hydrogen-bond donors (Lipinski definition) is 2. The molecule has 0 fully saturated rings. The number of para-hydroxylation sites is 1. The van der Waals surface area contributed by atoms with Crippen molar-refractivity contribution in [2.45, 2.75) is 0 Å². The lowest BCUT2D eigenvalue weighted by Crippen LogP contribution is -2.40. The topological polar surface area (TPSA) is 53.6 Å². The highest BCUT2D eigenvalue weighted by molar-refractivity contribution is 9.10. The number of hydrogen-bond acceptors (Lipinski definition) is 3. The molecule has 1 aromatic carbocycles. The van der Waals surface area contributed by atoms with Gasteiger partial charge >= 0.3 is 6.03 Å². The number of carbonyl (C=O) groups excluding carboxylic acids is 1. The zero-order chi connectivity index (χ0) is 14.1. The fraction of sp³-hybridized carbons (Fsp3) is 0.462. The SMILES string of the molecule is CN(C)CCNC(=O)NCCOc1ccccc1Br. The number of amides is 2. The summed E-state index contributed by atoms with van der Waals surface area (Å²) in [6, 6.07) is 7.45. The van der Waals surface area contributed by atoms with Gasteiger partial charge in [-0.2, -0.15) is 0 Å². The van der Waals surface area contributed by atoms with Gasteiger partial charge in [0.15, 0.2) is 0 Å². The molecule has 0 spiro atoms. The average Bonchev–Trinajstić information content (AvgIpc) is 2.36. The summed E-state index contributed by atoms with van der Waals surface area (Å²) in [6.07, 6.45) is 0. The molecule has 0 saturated carbocycles. The number of carbonyl (C=O) groups is 1. The minimum absolute atomic E-state index is 0.169. The highest BCUT2D eigenvalue weighted by Gasteiger charge is 2.01. The van der Waals surface area contributed by atoms with Crippen LogP contribution < -0.4 is 15.4 Å². The maximum atomic E-state index is 11.4. The van der Waals surface area contributed by atoms with Crippen molar-refractivity contribution in [2.24, 2.45) is 0 Å². The molecule has 0 aliphatic rings. The Morgan fingerprint density at radius 3 is 2.63 bits per heavy atom. The van der Waals surface area contributed by atoms with Gasteiger partial charge in [0.25, 0.3) is 0 Å². The van der Waals surface area contributed by atoms with Gasteiger partial charge in [0.2, 0.25) is 0 Å². The van der Waals surface area contributed by atoms with Crippen LogP contribution in [0.15, 0.2) is 28.7 Å². The number of urea groups is 1. The first kappa shape index (κ1) is 15.8. The van der Waals surface area contributed by atoms with Crippen LogP contribution in [-0.2, 0) is 0 Å². The highest BCUT2D eigenvalue weighted by Crippen LogP contribution is 2.23. The standard InChI is InChI=1S/C13H20BrN3O2/c1-17(2)9-7-15-13(18)16-8-10-19-12-6-4-3-5-11(12)14/h3-6H,7-10H2,1-2H3,(H2,15,16,18). The molecule has 0 heterocycles. The Labute approximate surface area is 122 Å². The molecular weight excluding hydrogens is 310 g/mol. The summed E-state index contributed by atoms with van der Waals surface area (Å²) in [4.78, 5) is 13.4. The summed E-state index contributed by atoms with van der Waals surface area (Å²) in [5, 5.41) is 5.50. The second-order valence-electron chi connectivity index (χ2n) is 4.26. The molecule has 0 aromatic heterocycles. The second kappa shape index (κ2) is 8.77. The molecule has 0 bridgehead atoms. The lowest BCUT2D eigenvalue weighted by Gasteiger charge is -2.12. The molecule has 2 N–H and O–H groups in total. The molecule has 0 saturated heterocycles. The monoisotopic (exact) mass is 329 g/mol. The van der Waals surface area contributed by atoms with Crippen LogP contribution in [0.25, 0.3) is 0 Å². The minimum atomic E-state index is -0.169. The van der Waals surface area contributed by atoms with Crippen molar-refractivity contribution in [3.63, 3.8) is 0 Å². The molecule has 5 nitrogen and oxygen atoms in total. The predicted molar refractivity (Wildman–Crippen MR) is 79.6 cm³/mol. The van der Waals surface area contributed by atoms with Crippen LogP contribution in [0.4, 0.5) is 4.79 Å². The first-order chi connectivity index (χ1) is 9.09. The Hall–Kier alpha value is -1.27. The van der Waals surface area contributed by atoms with Crippen molar-refractivity contribution in [3.05, 3.63) is 28.7 Å². The van der Waals surface area contributed by atoms with E-state index >= 15 is 0 Å². The van der Waals surface area contributed by atoms with Gasteiger partial charge in [-0.1, -0.05) is 12.1 Å². The third kappa shape index (κ3) is 7.03. The number of likely N-dealkylation sites (N-methyl/N-ethyl adjacent to an activating group) is 1. The van der Waals surface area contributed by atoms with Crippen LogP contribution in [0.3, 0.4) is 0 Å². The number of benzene rings is 1. The molecular formula is C13H20BrN3O2.